The van der Waals surface area contributed by atoms with E-state index in [-0.39, 0.29) is 16.4 Å². The zero-order valence-electron chi connectivity index (χ0n) is 15.0. The molecule has 0 unspecified atom stereocenters. The number of hydrogen-bond acceptors (Lipinski definition) is 5. The summed E-state index contributed by atoms with van der Waals surface area (Å²) in [6, 6.07) is 9.87. The fourth-order valence-electron chi connectivity index (χ4n) is 3.65. The van der Waals surface area contributed by atoms with Crippen molar-refractivity contribution in [2.24, 2.45) is 0 Å². The Hall–Kier alpha value is -2.77. The van der Waals surface area contributed by atoms with Gasteiger partial charge in [-0.05, 0) is 24.3 Å². The molecular formula is C20H18ClFN4O2. The summed E-state index contributed by atoms with van der Waals surface area (Å²) in [6.45, 7) is 3.43. The molecule has 144 valence electrons. The van der Waals surface area contributed by atoms with Crippen molar-refractivity contribution in [3.05, 3.63) is 75.3 Å². The lowest BCUT2D eigenvalue weighted by Gasteiger charge is -2.36. The van der Waals surface area contributed by atoms with Gasteiger partial charge in [0.15, 0.2) is 0 Å². The molecule has 6 nitrogen and oxygen atoms in total. The van der Waals surface area contributed by atoms with Crippen LogP contribution in [-0.2, 0) is 6.54 Å². The molecule has 8 heteroatoms. The minimum atomic E-state index is -0.385. The molecule has 0 atom stereocenters. The number of halogens is 2. The highest BCUT2D eigenvalue weighted by molar-refractivity contribution is 6.31. The first kappa shape index (κ1) is 18.6. The van der Waals surface area contributed by atoms with Gasteiger partial charge >= 0.3 is 0 Å². The lowest BCUT2D eigenvalue weighted by atomic mass is 10.1. The van der Waals surface area contributed by atoms with Crippen molar-refractivity contribution in [2.75, 3.05) is 31.1 Å². The van der Waals surface area contributed by atoms with Crippen LogP contribution in [0.3, 0.4) is 0 Å². The minimum Gasteiger partial charge on any atom is -0.368 e. The van der Waals surface area contributed by atoms with Crippen LogP contribution in [0.15, 0.2) is 48.8 Å². The second kappa shape index (κ2) is 7.69. The molecule has 0 N–H and O–H groups in total. The summed E-state index contributed by atoms with van der Waals surface area (Å²) < 4.78 is 14.0. The van der Waals surface area contributed by atoms with Crippen LogP contribution < -0.4 is 4.90 Å². The standard InChI is InChI=1S/C20H18ClFN4O2/c21-17-2-1-3-18(22)16(17)13-24-8-10-25(11-9-24)19-4-5-20(26(27)28)15-12-23-7-6-14(15)19/h1-7,12H,8-11,13H2. The van der Waals surface area contributed by atoms with Crippen molar-refractivity contribution in [2.45, 2.75) is 6.54 Å². The fraction of sp³-hybridized carbons (Fsp3) is 0.250. The number of rotatable bonds is 4. The van der Waals surface area contributed by atoms with Gasteiger partial charge < -0.3 is 4.90 Å². The molecule has 0 saturated carbocycles. The van der Waals surface area contributed by atoms with Gasteiger partial charge in [0.2, 0.25) is 0 Å². The summed E-state index contributed by atoms with van der Waals surface area (Å²) in [5.74, 6) is -0.288. The van der Waals surface area contributed by atoms with Crippen LogP contribution in [0.5, 0.6) is 0 Å². The first-order valence-corrected chi connectivity index (χ1v) is 9.33. The first-order chi connectivity index (χ1) is 13.5. The summed E-state index contributed by atoms with van der Waals surface area (Å²) in [4.78, 5) is 19.3. The maximum Gasteiger partial charge on any atom is 0.278 e. The second-order valence-corrected chi connectivity index (χ2v) is 7.15. The van der Waals surface area contributed by atoms with E-state index < -0.39 is 0 Å². The van der Waals surface area contributed by atoms with Crippen LogP contribution in [0, 0.1) is 15.9 Å². The van der Waals surface area contributed by atoms with Gasteiger partial charge in [0.05, 0.1) is 10.3 Å². The molecule has 28 heavy (non-hydrogen) atoms. The Labute approximate surface area is 166 Å². The molecule has 4 rings (SSSR count). The normalized spacial score (nSPS) is 15.1. The molecule has 3 aromatic rings. The van der Waals surface area contributed by atoms with Crippen molar-refractivity contribution >= 4 is 33.7 Å². The molecule has 0 radical (unpaired) electrons. The van der Waals surface area contributed by atoms with Crippen LogP contribution >= 0.6 is 11.6 Å². The second-order valence-electron chi connectivity index (χ2n) is 6.75. The maximum atomic E-state index is 14.0. The maximum absolute atomic E-state index is 14.0. The third kappa shape index (κ3) is 3.50. The van der Waals surface area contributed by atoms with Crippen molar-refractivity contribution in [1.82, 2.24) is 9.88 Å². The van der Waals surface area contributed by atoms with Gasteiger partial charge in [-0.1, -0.05) is 17.7 Å². The molecule has 0 bridgehead atoms. The topological polar surface area (TPSA) is 62.5 Å². The van der Waals surface area contributed by atoms with Gasteiger partial charge in [0.25, 0.3) is 5.69 Å². The molecule has 1 aliphatic heterocycles. The third-order valence-corrected chi connectivity index (χ3v) is 5.48. The number of non-ortho nitro benzene ring substituents is 1. The zero-order chi connectivity index (χ0) is 19.7. The van der Waals surface area contributed by atoms with E-state index in [0.717, 1.165) is 37.3 Å². The lowest BCUT2D eigenvalue weighted by molar-refractivity contribution is -0.383. The molecule has 0 aliphatic carbocycles. The third-order valence-electron chi connectivity index (χ3n) is 5.13. The molecule has 2 aromatic carbocycles. The number of hydrogen-bond donors (Lipinski definition) is 0. The summed E-state index contributed by atoms with van der Waals surface area (Å²) in [5.41, 5.74) is 1.52. The van der Waals surface area contributed by atoms with Crippen LogP contribution in [0.4, 0.5) is 15.8 Å². The van der Waals surface area contributed by atoms with E-state index >= 15 is 0 Å². The van der Waals surface area contributed by atoms with E-state index in [1.807, 2.05) is 6.07 Å². The van der Waals surface area contributed by atoms with Crippen LogP contribution in [0.25, 0.3) is 10.8 Å². The number of aromatic nitrogens is 1. The predicted octanol–water partition coefficient (Wildman–Crippen LogP) is 4.26. The van der Waals surface area contributed by atoms with E-state index in [1.54, 1.807) is 24.4 Å². The monoisotopic (exact) mass is 400 g/mol. The van der Waals surface area contributed by atoms with Gasteiger partial charge in [-0.25, -0.2) is 4.39 Å². The highest BCUT2D eigenvalue weighted by Crippen LogP contribution is 2.33. The fourth-order valence-corrected chi connectivity index (χ4v) is 3.87. The number of anilines is 1. The van der Waals surface area contributed by atoms with E-state index in [9.17, 15) is 14.5 Å². The van der Waals surface area contributed by atoms with E-state index in [4.69, 9.17) is 11.6 Å². The van der Waals surface area contributed by atoms with Crippen molar-refractivity contribution in [3.8, 4) is 0 Å². The molecule has 1 aromatic heterocycles. The van der Waals surface area contributed by atoms with Gasteiger partial charge in [-0.15, -0.1) is 0 Å². The largest absolute Gasteiger partial charge is 0.368 e. The Bertz CT molecular complexity index is 1020. The van der Waals surface area contributed by atoms with Gasteiger partial charge in [-0.3, -0.25) is 20.0 Å². The number of pyridine rings is 1. The van der Waals surface area contributed by atoms with Crippen LogP contribution in [0.2, 0.25) is 5.02 Å². The number of nitro benzene ring substituents is 1. The minimum absolute atomic E-state index is 0.0553. The average Bonchev–Trinajstić information content (AvgIpc) is 2.70. The Balaban J connectivity index is 1.53. The van der Waals surface area contributed by atoms with Crippen molar-refractivity contribution < 1.29 is 9.31 Å². The Morgan fingerprint density at radius 2 is 1.89 bits per heavy atom. The first-order valence-electron chi connectivity index (χ1n) is 8.96. The van der Waals surface area contributed by atoms with Crippen LogP contribution in [-0.4, -0.2) is 41.0 Å². The molecule has 0 amide bonds. The highest BCUT2D eigenvalue weighted by Gasteiger charge is 2.22. The summed E-state index contributed by atoms with van der Waals surface area (Å²) in [5, 5.41) is 13.1. The van der Waals surface area contributed by atoms with E-state index in [1.165, 1.54) is 18.3 Å². The Morgan fingerprint density at radius 1 is 1.11 bits per heavy atom. The lowest BCUT2D eigenvalue weighted by Crippen LogP contribution is -2.46. The summed E-state index contributed by atoms with van der Waals surface area (Å²) >= 11 is 6.14. The molecule has 1 saturated heterocycles. The quantitative estimate of drug-likeness (QED) is 0.483. The average molecular weight is 401 g/mol. The summed E-state index contributed by atoms with van der Waals surface area (Å²) in [6.07, 6.45) is 3.18. The van der Waals surface area contributed by atoms with Crippen LogP contribution in [0.1, 0.15) is 5.56 Å². The number of fused-ring (bicyclic) bond motifs is 1. The number of nitro groups is 1. The Morgan fingerprint density at radius 3 is 2.61 bits per heavy atom. The van der Waals surface area contributed by atoms with Gasteiger partial charge in [0.1, 0.15) is 5.82 Å². The molecule has 1 aliphatic rings. The Kier molecular flexibility index (Phi) is 5.11. The van der Waals surface area contributed by atoms with Gasteiger partial charge in [-0.2, -0.15) is 0 Å². The highest BCUT2D eigenvalue weighted by atomic mass is 35.5. The predicted molar refractivity (Wildman–Crippen MR) is 107 cm³/mol. The zero-order valence-corrected chi connectivity index (χ0v) is 15.8. The number of piperazine rings is 1. The molecule has 2 heterocycles. The summed E-state index contributed by atoms with van der Waals surface area (Å²) in [7, 11) is 0. The van der Waals surface area contributed by atoms with E-state index in [2.05, 4.69) is 14.8 Å². The molecular weight excluding hydrogens is 383 g/mol. The van der Waals surface area contributed by atoms with E-state index in [0.29, 0.717) is 22.5 Å². The molecule has 0 spiro atoms. The molecule has 1 fully saturated rings. The van der Waals surface area contributed by atoms with Crippen molar-refractivity contribution in [1.29, 1.82) is 0 Å². The van der Waals surface area contributed by atoms with Gasteiger partial charge in [0, 0.05) is 72.8 Å². The number of benzene rings is 2. The SMILES string of the molecule is O=[N+]([O-])c1ccc(N2CCN(Cc3c(F)cccc3Cl)CC2)c2ccncc12. The number of nitrogens with zero attached hydrogens (tertiary/aromatic N) is 4. The smallest absolute Gasteiger partial charge is 0.278 e. The van der Waals surface area contributed by atoms with Crippen molar-refractivity contribution in [3.63, 3.8) is 0 Å².